The molecule has 1 rings (SSSR count). The molecule has 1 amide bonds. The van der Waals surface area contributed by atoms with E-state index in [0.717, 1.165) is 12.8 Å². The van der Waals surface area contributed by atoms with Gasteiger partial charge in [0.2, 0.25) is 5.91 Å². The van der Waals surface area contributed by atoms with E-state index in [1.165, 1.54) is 12.8 Å². The van der Waals surface area contributed by atoms with E-state index >= 15 is 0 Å². The molecule has 1 saturated carbocycles. The molecule has 0 aromatic rings. The van der Waals surface area contributed by atoms with Crippen molar-refractivity contribution in [1.82, 2.24) is 5.32 Å². The number of hydrogen-bond donors (Lipinski definition) is 2. The van der Waals surface area contributed by atoms with Crippen molar-refractivity contribution in [2.75, 3.05) is 0 Å². The fraction of sp³-hybridized carbons (Fsp3) is 0.909. The van der Waals surface area contributed by atoms with Crippen molar-refractivity contribution in [3.05, 3.63) is 0 Å². The fourth-order valence-corrected chi connectivity index (χ4v) is 2.00. The molecule has 0 aromatic carbocycles. The second-order valence-corrected chi connectivity index (χ2v) is 5.23. The Morgan fingerprint density at radius 2 is 1.93 bits per heavy atom. The predicted molar refractivity (Wildman–Crippen MR) is 57.8 cm³/mol. The summed E-state index contributed by atoms with van der Waals surface area (Å²) in [5, 5.41) is 3.28. The number of amides is 1. The summed E-state index contributed by atoms with van der Waals surface area (Å²) >= 11 is 0. The molecular formula is C11H22N2O. The normalized spacial score (nSPS) is 24.5. The average Bonchev–Trinajstić information content (AvgIpc) is 2.08. The summed E-state index contributed by atoms with van der Waals surface area (Å²) in [4.78, 5) is 10.9. The number of carbonyl (C=O) groups is 1. The molecule has 3 nitrogen and oxygen atoms in total. The second kappa shape index (κ2) is 4.30. The van der Waals surface area contributed by atoms with Crippen molar-refractivity contribution in [3.8, 4) is 0 Å². The Bertz CT molecular complexity index is 203. The van der Waals surface area contributed by atoms with Crippen molar-refractivity contribution in [3.63, 3.8) is 0 Å². The Morgan fingerprint density at radius 3 is 2.36 bits per heavy atom. The van der Waals surface area contributed by atoms with Gasteiger partial charge in [0.1, 0.15) is 0 Å². The summed E-state index contributed by atoms with van der Waals surface area (Å²) in [5.74, 6) is -0.255. The van der Waals surface area contributed by atoms with E-state index in [9.17, 15) is 4.79 Å². The third-order valence-corrected chi connectivity index (χ3v) is 3.25. The van der Waals surface area contributed by atoms with Crippen LogP contribution in [0.2, 0.25) is 0 Å². The first-order chi connectivity index (χ1) is 6.41. The molecule has 0 spiro atoms. The standard InChI is InChI=1S/C11H22N2O/c1-8(10(12)14)13-9-4-6-11(2,3)7-5-9/h8-9,13H,4-7H2,1-3H3,(H2,12,14)/t8-/m0/s1. The molecule has 0 aliphatic heterocycles. The number of nitrogens with one attached hydrogen (secondary N) is 1. The van der Waals surface area contributed by atoms with Gasteiger partial charge in [-0.25, -0.2) is 0 Å². The van der Waals surface area contributed by atoms with Crippen LogP contribution in [-0.4, -0.2) is 18.0 Å². The van der Waals surface area contributed by atoms with E-state index in [1.807, 2.05) is 6.92 Å². The highest BCUT2D eigenvalue weighted by atomic mass is 16.1. The molecule has 0 aromatic heterocycles. The van der Waals surface area contributed by atoms with E-state index in [2.05, 4.69) is 19.2 Å². The van der Waals surface area contributed by atoms with Crippen LogP contribution in [0.4, 0.5) is 0 Å². The highest BCUT2D eigenvalue weighted by molar-refractivity contribution is 5.79. The van der Waals surface area contributed by atoms with Gasteiger partial charge in [0.05, 0.1) is 6.04 Å². The van der Waals surface area contributed by atoms with Gasteiger partial charge in [0.25, 0.3) is 0 Å². The third-order valence-electron chi connectivity index (χ3n) is 3.25. The van der Waals surface area contributed by atoms with E-state index in [1.54, 1.807) is 0 Å². The largest absolute Gasteiger partial charge is 0.368 e. The van der Waals surface area contributed by atoms with Crippen LogP contribution < -0.4 is 11.1 Å². The Hall–Kier alpha value is -0.570. The Morgan fingerprint density at radius 1 is 1.43 bits per heavy atom. The minimum absolute atomic E-state index is 0.193. The molecule has 1 aliphatic carbocycles. The molecule has 14 heavy (non-hydrogen) atoms. The van der Waals surface area contributed by atoms with Gasteiger partial charge in [0.15, 0.2) is 0 Å². The van der Waals surface area contributed by atoms with Crippen LogP contribution >= 0.6 is 0 Å². The molecule has 1 fully saturated rings. The van der Waals surface area contributed by atoms with Crippen LogP contribution in [0.1, 0.15) is 46.5 Å². The van der Waals surface area contributed by atoms with Crippen LogP contribution in [0.5, 0.6) is 0 Å². The maximum absolute atomic E-state index is 10.9. The summed E-state index contributed by atoms with van der Waals surface area (Å²) in [6, 6.07) is 0.284. The van der Waals surface area contributed by atoms with Gasteiger partial charge < -0.3 is 11.1 Å². The summed E-state index contributed by atoms with van der Waals surface area (Å²) in [5.41, 5.74) is 5.69. The molecule has 1 aliphatic rings. The van der Waals surface area contributed by atoms with Crippen LogP contribution in [0.25, 0.3) is 0 Å². The zero-order valence-electron chi connectivity index (χ0n) is 9.47. The van der Waals surface area contributed by atoms with Crippen LogP contribution in [0.3, 0.4) is 0 Å². The Labute approximate surface area is 86.4 Å². The molecule has 0 bridgehead atoms. The van der Waals surface area contributed by atoms with Crippen molar-refractivity contribution in [1.29, 1.82) is 0 Å². The lowest BCUT2D eigenvalue weighted by molar-refractivity contribution is -0.119. The topological polar surface area (TPSA) is 55.1 Å². The summed E-state index contributed by atoms with van der Waals surface area (Å²) in [6.45, 7) is 6.45. The minimum Gasteiger partial charge on any atom is -0.368 e. The second-order valence-electron chi connectivity index (χ2n) is 5.23. The zero-order chi connectivity index (χ0) is 10.8. The van der Waals surface area contributed by atoms with Crippen molar-refractivity contribution >= 4 is 5.91 Å². The third kappa shape index (κ3) is 3.29. The Kier molecular flexibility index (Phi) is 3.53. The highest BCUT2D eigenvalue weighted by Gasteiger charge is 2.27. The molecule has 0 radical (unpaired) electrons. The van der Waals surface area contributed by atoms with Crippen LogP contribution in [0, 0.1) is 5.41 Å². The molecule has 3 heteroatoms. The number of rotatable bonds is 3. The molecular weight excluding hydrogens is 176 g/mol. The summed E-state index contributed by atoms with van der Waals surface area (Å²) < 4.78 is 0. The smallest absolute Gasteiger partial charge is 0.234 e. The van der Waals surface area contributed by atoms with Crippen molar-refractivity contribution < 1.29 is 4.79 Å². The molecule has 0 saturated heterocycles. The van der Waals surface area contributed by atoms with E-state index in [-0.39, 0.29) is 11.9 Å². The lowest BCUT2D eigenvalue weighted by atomic mass is 9.75. The van der Waals surface area contributed by atoms with Crippen molar-refractivity contribution in [2.45, 2.75) is 58.5 Å². The lowest BCUT2D eigenvalue weighted by Crippen LogP contribution is -2.46. The van der Waals surface area contributed by atoms with Crippen LogP contribution in [-0.2, 0) is 4.79 Å². The molecule has 3 N–H and O–H groups in total. The predicted octanol–water partition coefficient (Wildman–Crippen LogP) is 1.42. The first kappa shape index (κ1) is 11.5. The molecule has 0 unspecified atom stereocenters. The molecule has 1 atom stereocenters. The maximum Gasteiger partial charge on any atom is 0.234 e. The first-order valence-corrected chi connectivity index (χ1v) is 5.46. The van der Waals surface area contributed by atoms with Crippen LogP contribution in [0.15, 0.2) is 0 Å². The van der Waals surface area contributed by atoms with Gasteiger partial charge in [-0.15, -0.1) is 0 Å². The summed E-state index contributed by atoms with van der Waals surface area (Å²) in [7, 11) is 0. The van der Waals surface area contributed by atoms with Gasteiger partial charge in [-0.05, 0) is 38.0 Å². The monoisotopic (exact) mass is 198 g/mol. The van der Waals surface area contributed by atoms with Gasteiger partial charge in [-0.3, -0.25) is 4.79 Å². The number of carbonyl (C=O) groups excluding carboxylic acids is 1. The van der Waals surface area contributed by atoms with Crippen molar-refractivity contribution in [2.24, 2.45) is 11.1 Å². The van der Waals surface area contributed by atoms with Gasteiger partial charge in [-0.2, -0.15) is 0 Å². The number of primary amides is 1. The average molecular weight is 198 g/mol. The lowest BCUT2D eigenvalue weighted by Gasteiger charge is -2.35. The SMILES string of the molecule is C[C@H](NC1CCC(C)(C)CC1)C(N)=O. The maximum atomic E-state index is 10.9. The molecule has 0 heterocycles. The van der Waals surface area contributed by atoms with Gasteiger partial charge in [-0.1, -0.05) is 13.8 Å². The summed E-state index contributed by atoms with van der Waals surface area (Å²) in [6.07, 6.45) is 4.78. The fourth-order valence-electron chi connectivity index (χ4n) is 2.00. The first-order valence-electron chi connectivity index (χ1n) is 5.46. The quantitative estimate of drug-likeness (QED) is 0.720. The highest BCUT2D eigenvalue weighted by Crippen LogP contribution is 2.35. The van der Waals surface area contributed by atoms with E-state index in [0.29, 0.717) is 11.5 Å². The van der Waals surface area contributed by atoms with Gasteiger partial charge in [0, 0.05) is 6.04 Å². The number of nitrogens with two attached hydrogens (primary N) is 1. The number of hydrogen-bond acceptors (Lipinski definition) is 2. The minimum atomic E-state index is -0.255. The van der Waals surface area contributed by atoms with E-state index in [4.69, 9.17) is 5.73 Å². The zero-order valence-corrected chi connectivity index (χ0v) is 9.47. The molecule has 82 valence electrons. The Balaban J connectivity index is 2.32. The van der Waals surface area contributed by atoms with Gasteiger partial charge >= 0.3 is 0 Å². The van der Waals surface area contributed by atoms with E-state index < -0.39 is 0 Å².